The molecule has 3 heterocycles. The molecular weight excluding hydrogens is 405 g/mol. The Morgan fingerprint density at radius 2 is 1.77 bits per heavy atom. The van der Waals surface area contributed by atoms with E-state index in [4.69, 9.17) is 4.42 Å². The molecule has 0 atom stereocenters. The summed E-state index contributed by atoms with van der Waals surface area (Å²) in [6.07, 6.45) is 0. The summed E-state index contributed by atoms with van der Waals surface area (Å²) in [4.78, 5) is 26.4. The molecule has 4 aromatic rings. The zero-order chi connectivity index (χ0) is 21.2. The van der Waals surface area contributed by atoms with Crippen LogP contribution in [-0.2, 0) is 5.41 Å². The number of fused-ring (bicyclic) bond motifs is 4. The Bertz CT molecular complexity index is 1450. The molecule has 0 bridgehead atoms. The number of halogens is 1. The van der Waals surface area contributed by atoms with E-state index in [-0.39, 0.29) is 15.9 Å². The van der Waals surface area contributed by atoms with E-state index in [2.05, 4.69) is 0 Å². The van der Waals surface area contributed by atoms with Crippen molar-refractivity contribution in [2.75, 3.05) is 0 Å². The summed E-state index contributed by atoms with van der Waals surface area (Å²) in [6, 6.07) is 14.7. The number of benzene rings is 2. The minimum Gasteiger partial charge on any atom is -0.505 e. The molecule has 2 aromatic heterocycles. The lowest BCUT2D eigenvalue weighted by Crippen LogP contribution is -2.24. The topological polar surface area (TPSA) is 72.4 Å². The molecule has 0 saturated heterocycles. The Morgan fingerprint density at radius 3 is 2.50 bits per heavy atom. The van der Waals surface area contributed by atoms with Gasteiger partial charge in [0.25, 0.3) is 5.56 Å². The fourth-order valence-electron chi connectivity index (χ4n) is 3.99. The van der Waals surface area contributed by atoms with Gasteiger partial charge in [-0.15, -0.1) is 0 Å². The number of hydrogen-bond donors (Lipinski definition) is 1. The van der Waals surface area contributed by atoms with Gasteiger partial charge in [-0.1, -0.05) is 43.8 Å². The molecule has 1 aliphatic heterocycles. The summed E-state index contributed by atoms with van der Waals surface area (Å²) >= 11 is 0.921. The van der Waals surface area contributed by atoms with E-state index >= 15 is 0 Å². The van der Waals surface area contributed by atoms with E-state index in [0.717, 1.165) is 23.0 Å². The van der Waals surface area contributed by atoms with Crippen LogP contribution in [0, 0.1) is 5.82 Å². The van der Waals surface area contributed by atoms with Crippen LogP contribution in [0.25, 0.3) is 16.7 Å². The van der Waals surface area contributed by atoms with Crippen molar-refractivity contribution in [2.45, 2.75) is 29.1 Å². The molecule has 150 valence electrons. The average Bonchev–Trinajstić information content (AvgIpc) is 2.94. The summed E-state index contributed by atoms with van der Waals surface area (Å²) in [5.74, 6) is -0.845. The Labute approximate surface area is 174 Å². The summed E-state index contributed by atoms with van der Waals surface area (Å²) in [5.41, 5.74) is 0.748. The molecule has 0 saturated carbocycles. The van der Waals surface area contributed by atoms with E-state index in [9.17, 15) is 19.1 Å². The quantitative estimate of drug-likeness (QED) is 0.513. The molecule has 0 spiro atoms. The Balaban J connectivity index is 1.79. The van der Waals surface area contributed by atoms with Crippen molar-refractivity contribution in [1.82, 2.24) is 4.57 Å². The number of pyridine rings is 1. The standard InChI is InChI=1S/C23H16FNO4S/c1-23(2)14-5-3-4-6-15(14)25-17(23)11-16-18(21(25)27)19(26)20(22(28)29-16)30-13-9-7-12(24)8-10-13/h3-11,26H,1-2H3. The maximum Gasteiger partial charge on any atom is 0.354 e. The van der Waals surface area contributed by atoms with Crippen LogP contribution < -0.4 is 11.2 Å². The van der Waals surface area contributed by atoms with Gasteiger partial charge in [-0.2, -0.15) is 0 Å². The van der Waals surface area contributed by atoms with Gasteiger partial charge >= 0.3 is 5.63 Å². The molecule has 30 heavy (non-hydrogen) atoms. The van der Waals surface area contributed by atoms with Crippen LogP contribution >= 0.6 is 11.8 Å². The van der Waals surface area contributed by atoms with E-state index in [0.29, 0.717) is 10.6 Å². The van der Waals surface area contributed by atoms with Crippen LogP contribution in [-0.4, -0.2) is 9.67 Å². The molecule has 0 aliphatic carbocycles. The lowest BCUT2D eigenvalue weighted by atomic mass is 9.83. The average molecular weight is 421 g/mol. The van der Waals surface area contributed by atoms with Crippen LogP contribution in [0.3, 0.4) is 0 Å². The maximum atomic E-state index is 13.4. The van der Waals surface area contributed by atoms with E-state index in [1.165, 1.54) is 24.3 Å². The van der Waals surface area contributed by atoms with Gasteiger partial charge in [-0.05, 0) is 35.9 Å². The SMILES string of the molecule is CC1(C)c2ccccc2-n2c1cc1oc(=O)c(Sc3ccc(F)cc3)c(O)c1c2=O. The first-order valence-electron chi connectivity index (χ1n) is 9.28. The summed E-state index contributed by atoms with van der Waals surface area (Å²) < 4.78 is 20.2. The second-order valence-corrected chi connectivity index (χ2v) is 8.76. The highest BCUT2D eigenvalue weighted by atomic mass is 32.2. The fraction of sp³-hybridized carbons (Fsp3) is 0.130. The fourth-order valence-corrected chi connectivity index (χ4v) is 4.82. The first-order valence-corrected chi connectivity index (χ1v) is 10.1. The normalized spacial score (nSPS) is 14.0. The monoisotopic (exact) mass is 421 g/mol. The van der Waals surface area contributed by atoms with Gasteiger partial charge < -0.3 is 9.52 Å². The largest absolute Gasteiger partial charge is 0.505 e. The van der Waals surface area contributed by atoms with Crippen molar-refractivity contribution >= 4 is 22.7 Å². The van der Waals surface area contributed by atoms with Crippen molar-refractivity contribution in [1.29, 1.82) is 0 Å². The van der Waals surface area contributed by atoms with Gasteiger partial charge in [0, 0.05) is 22.1 Å². The second-order valence-electron chi connectivity index (χ2n) is 7.67. The predicted molar refractivity (Wildman–Crippen MR) is 112 cm³/mol. The van der Waals surface area contributed by atoms with Crippen LogP contribution in [0.4, 0.5) is 4.39 Å². The van der Waals surface area contributed by atoms with Crippen LogP contribution in [0.1, 0.15) is 25.1 Å². The first-order chi connectivity index (χ1) is 14.3. The lowest BCUT2D eigenvalue weighted by molar-refractivity contribution is 0.445. The highest BCUT2D eigenvalue weighted by Gasteiger charge is 2.37. The summed E-state index contributed by atoms with van der Waals surface area (Å²) in [7, 11) is 0. The van der Waals surface area contributed by atoms with E-state index in [1.54, 1.807) is 10.6 Å². The molecule has 0 unspecified atom stereocenters. The van der Waals surface area contributed by atoms with Crippen LogP contribution in [0.15, 0.2) is 78.4 Å². The minimum absolute atomic E-state index is 0.0399. The number of rotatable bonds is 2. The van der Waals surface area contributed by atoms with Gasteiger partial charge in [0.05, 0.1) is 5.69 Å². The lowest BCUT2D eigenvalue weighted by Gasteiger charge is -2.20. The Kier molecular flexibility index (Phi) is 3.95. The van der Waals surface area contributed by atoms with Crippen molar-refractivity contribution in [3.05, 3.63) is 92.4 Å². The Morgan fingerprint density at radius 1 is 1.07 bits per heavy atom. The van der Waals surface area contributed by atoms with Crippen LogP contribution in [0.2, 0.25) is 0 Å². The number of aromatic hydroxyl groups is 1. The van der Waals surface area contributed by atoms with Gasteiger partial charge in [-0.3, -0.25) is 9.36 Å². The summed E-state index contributed by atoms with van der Waals surface area (Å²) in [6.45, 7) is 3.99. The molecule has 5 nitrogen and oxygen atoms in total. The predicted octanol–water partition coefficient (Wildman–Crippen LogP) is 4.58. The molecule has 0 fully saturated rings. The maximum absolute atomic E-state index is 13.4. The third-order valence-electron chi connectivity index (χ3n) is 5.50. The van der Waals surface area contributed by atoms with Gasteiger partial charge in [0.2, 0.25) is 0 Å². The highest BCUT2D eigenvalue weighted by molar-refractivity contribution is 7.99. The molecule has 0 radical (unpaired) electrons. The molecule has 2 aromatic carbocycles. The van der Waals surface area contributed by atoms with Crippen molar-refractivity contribution in [3.63, 3.8) is 0 Å². The number of nitrogens with zero attached hydrogens (tertiary/aromatic N) is 1. The molecule has 5 rings (SSSR count). The van der Waals surface area contributed by atoms with E-state index < -0.39 is 28.2 Å². The number of para-hydroxylation sites is 1. The van der Waals surface area contributed by atoms with Crippen LogP contribution in [0.5, 0.6) is 5.75 Å². The van der Waals surface area contributed by atoms with Gasteiger partial charge in [0.15, 0.2) is 5.75 Å². The summed E-state index contributed by atoms with van der Waals surface area (Å²) in [5, 5.41) is 10.8. The molecule has 1 aliphatic rings. The van der Waals surface area contributed by atoms with Crippen molar-refractivity contribution in [2.24, 2.45) is 0 Å². The molecule has 7 heteroatoms. The van der Waals surface area contributed by atoms with Gasteiger partial charge in [-0.25, -0.2) is 9.18 Å². The number of hydrogen-bond acceptors (Lipinski definition) is 5. The zero-order valence-electron chi connectivity index (χ0n) is 16.1. The van der Waals surface area contributed by atoms with Gasteiger partial charge in [0.1, 0.15) is 21.7 Å². The molecule has 0 amide bonds. The zero-order valence-corrected chi connectivity index (χ0v) is 16.9. The van der Waals surface area contributed by atoms with E-state index in [1.807, 2.05) is 38.1 Å². The molecule has 1 N–H and O–H groups in total. The first kappa shape index (κ1) is 18.7. The van der Waals surface area contributed by atoms with Crippen molar-refractivity contribution in [3.8, 4) is 11.4 Å². The third kappa shape index (κ3) is 2.55. The number of aromatic nitrogens is 1. The smallest absolute Gasteiger partial charge is 0.354 e. The molecular formula is C23H16FNO4S. The minimum atomic E-state index is -0.757. The Hall–Kier alpha value is -3.32. The third-order valence-corrected chi connectivity index (χ3v) is 6.58. The van der Waals surface area contributed by atoms with Crippen molar-refractivity contribution < 1.29 is 13.9 Å². The second kappa shape index (κ2) is 6.34. The highest BCUT2D eigenvalue weighted by Crippen LogP contribution is 2.43.